The van der Waals surface area contributed by atoms with Crippen LogP contribution in [0.5, 0.6) is 11.5 Å². The maximum Gasteiger partial charge on any atom is 0.213 e. The molecule has 0 radical (unpaired) electrons. The molecule has 17 heavy (non-hydrogen) atoms. The van der Waals surface area contributed by atoms with Crippen LogP contribution < -0.4 is 26.1 Å². The summed E-state index contributed by atoms with van der Waals surface area (Å²) in [7, 11) is 0. The van der Waals surface area contributed by atoms with Crippen molar-refractivity contribution in [2.75, 3.05) is 19.8 Å². The molecule has 5 nitrogen and oxygen atoms in total. The standard InChI is InChI=1S/C11H15N3O2S/c12-14-11(17)13-4-3-8-1-2-9-10(7-8)16-6-5-15-9/h1-2,7H,3-6,12H2,(H2,13,14,17)/p+1. The van der Waals surface area contributed by atoms with E-state index in [2.05, 4.69) is 16.6 Å². The van der Waals surface area contributed by atoms with Gasteiger partial charge in [-0.15, -0.1) is 0 Å². The molecule has 0 spiro atoms. The molecular weight excluding hydrogens is 238 g/mol. The maximum absolute atomic E-state index is 5.52. The minimum absolute atomic E-state index is 0.558. The van der Waals surface area contributed by atoms with Crippen LogP contribution in [-0.4, -0.2) is 24.9 Å². The molecule has 6 heteroatoms. The summed E-state index contributed by atoms with van der Waals surface area (Å²) in [6, 6.07) is 5.99. The van der Waals surface area contributed by atoms with Crippen LogP contribution in [0.2, 0.25) is 0 Å². The second-order valence-electron chi connectivity index (χ2n) is 3.66. The third-order valence-corrected chi connectivity index (χ3v) is 2.76. The van der Waals surface area contributed by atoms with Gasteiger partial charge in [-0.3, -0.25) is 5.84 Å². The Labute approximate surface area is 105 Å². The molecule has 0 saturated heterocycles. The minimum Gasteiger partial charge on any atom is -0.486 e. The minimum atomic E-state index is 0.558. The first-order valence-electron chi connectivity index (χ1n) is 5.49. The van der Waals surface area contributed by atoms with Crippen molar-refractivity contribution < 1.29 is 15.3 Å². The number of thiocarbonyl (C=S) groups is 1. The van der Waals surface area contributed by atoms with Gasteiger partial charge in [-0.1, -0.05) is 6.07 Å². The van der Waals surface area contributed by atoms with Gasteiger partial charge < -0.3 is 14.8 Å². The Hall–Kier alpha value is -1.53. The first-order valence-corrected chi connectivity index (χ1v) is 5.90. The number of quaternary nitrogens is 1. The van der Waals surface area contributed by atoms with E-state index in [0.717, 1.165) is 24.5 Å². The molecule has 1 aromatic carbocycles. The predicted molar refractivity (Wildman–Crippen MR) is 67.8 cm³/mol. The molecular formula is C11H16N3O2S+. The van der Waals surface area contributed by atoms with E-state index in [-0.39, 0.29) is 0 Å². The normalized spacial score (nSPS) is 13.0. The average molecular weight is 254 g/mol. The van der Waals surface area contributed by atoms with Gasteiger partial charge in [0.15, 0.2) is 11.5 Å². The second-order valence-corrected chi connectivity index (χ2v) is 4.07. The first kappa shape index (κ1) is 11.9. The fourth-order valence-electron chi connectivity index (χ4n) is 1.63. The monoisotopic (exact) mass is 254 g/mol. The highest BCUT2D eigenvalue weighted by atomic mass is 32.1. The number of nitrogens with one attached hydrogen (secondary N) is 2. The van der Waals surface area contributed by atoms with Crippen LogP contribution in [0.1, 0.15) is 5.56 Å². The Morgan fingerprint density at radius 2 is 2.06 bits per heavy atom. The van der Waals surface area contributed by atoms with Crippen LogP contribution in [0, 0.1) is 0 Å². The average Bonchev–Trinajstić information content (AvgIpc) is 2.38. The molecule has 5 N–H and O–H groups in total. The zero-order chi connectivity index (χ0) is 12.1. The van der Waals surface area contributed by atoms with E-state index in [9.17, 15) is 0 Å². The van der Waals surface area contributed by atoms with Gasteiger partial charge in [0.1, 0.15) is 13.2 Å². The molecule has 0 aromatic heterocycles. The van der Waals surface area contributed by atoms with Gasteiger partial charge in [0.05, 0.1) is 0 Å². The van der Waals surface area contributed by atoms with Crippen LogP contribution in [0.25, 0.3) is 0 Å². The maximum atomic E-state index is 5.52. The zero-order valence-electron chi connectivity index (χ0n) is 9.49. The summed E-state index contributed by atoms with van der Waals surface area (Å²) in [6.07, 6.45) is 0.873. The van der Waals surface area contributed by atoms with Crippen LogP contribution >= 0.6 is 12.2 Å². The van der Waals surface area contributed by atoms with E-state index in [0.29, 0.717) is 18.3 Å². The molecule has 2 rings (SSSR count). The van der Waals surface area contributed by atoms with Crippen molar-refractivity contribution in [3.63, 3.8) is 0 Å². The van der Waals surface area contributed by atoms with Crippen molar-refractivity contribution in [1.82, 2.24) is 10.7 Å². The van der Waals surface area contributed by atoms with Gasteiger partial charge in [-0.05, 0) is 36.3 Å². The SMILES string of the molecule is [NH3+]NC(=S)NCCc1ccc2c(c1)OCCO2. The fraction of sp³-hybridized carbons (Fsp3) is 0.364. The van der Waals surface area contributed by atoms with Gasteiger partial charge >= 0.3 is 0 Å². The number of ether oxygens (including phenoxy) is 2. The molecule has 0 unspecified atom stereocenters. The van der Waals surface area contributed by atoms with E-state index in [1.54, 1.807) is 0 Å². The van der Waals surface area contributed by atoms with Crippen molar-refractivity contribution in [2.24, 2.45) is 0 Å². The van der Waals surface area contributed by atoms with Gasteiger partial charge in [-0.25, -0.2) is 5.43 Å². The zero-order valence-corrected chi connectivity index (χ0v) is 10.3. The third-order valence-electron chi connectivity index (χ3n) is 2.47. The summed E-state index contributed by atoms with van der Waals surface area (Å²) < 4.78 is 11.0. The molecule has 0 bridgehead atoms. The van der Waals surface area contributed by atoms with Crippen molar-refractivity contribution >= 4 is 17.3 Å². The summed E-state index contributed by atoms with van der Waals surface area (Å²) in [5.41, 5.74) is 3.82. The van der Waals surface area contributed by atoms with Crippen molar-refractivity contribution in [3.05, 3.63) is 23.8 Å². The van der Waals surface area contributed by atoms with Crippen molar-refractivity contribution in [1.29, 1.82) is 0 Å². The highest BCUT2D eigenvalue weighted by Gasteiger charge is 2.11. The summed E-state index contributed by atoms with van der Waals surface area (Å²) in [4.78, 5) is 0. The predicted octanol–water partition coefficient (Wildman–Crippen LogP) is -0.379. The Balaban J connectivity index is 1.91. The Morgan fingerprint density at radius 3 is 2.82 bits per heavy atom. The topological polar surface area (TPSA) is 70.2 Å². The van der Waals surface area contributed by atoms with Crippen molar-refractivity contribution in [2.45, 2.75) is 6.42 Å². The molecule has 1 aromatic rings. The number of rotatable bonds is 3. The summed E-state index contributed by atoms with van der Waals surface area (Å²) in [5, 5.41) is 3.60. The van der Waals surface area contributed by atoms with E-state index >= 15 is 0 Å². The van der Waals surface area contributed by atoms with E-state index in [1.165, 1.54) is 5.56 Å². The summed E-state index contributed by atoms with van der Waals surface area (Å²) >= 11 is 4.94. The second kappa shape index (κ2) is 5.70. The first-order chi connectivity index (χ1) is 8.29. The third kappa shape index (κ3) is 3.21. The molecule has 0 atom stereocenters. The van der Waals surface area contributed by atoms with Gasteiger partial charge in [0, 0.05) is 6.54 Å². The lowest BCUT2D eigenvalue weighted by atomic mass is 10.1. The smallest absolute Gasteiger partial charge is 0.213 e. The summed E-state index contributed by atoms with van der Waals surface area (Å²) in [6.45, 7) is 2.00. The molecule has 0 fully saturated rings. The highest BCUT2D eigenvalue weighted by Crippen LogP contribution is 2.30. The fourth-order valence-corrected chi connectivity index (χ4v) is 1.73. The molecule has 1 aliphatic rings. The highest BCUT2D eigenvalue weighted by molar-refractivity contribution is 7.80. The Bertz CT molecular complexity index is 412. The van der Waals surface area contributed by atoms with Gasteiger partial charge in [0.2, 0.25) is 5.11 Å². The molecule has 0 saturated carbocycles. The van der Waals surface area contributed by atoms with Crippen LogP contribution in [0.3, 0.4) is 0 Å². The quantitative estimate of drug-likeness (QED) is 0.507. The lowest BCUT2D eigenvalue weighted by molar-refractivity contribution is -0.419. The Kier molecular flexibility index (Phi) is 4.00. The molecule has 0 amide bonds. The summed E-state index contributed by atoms with van der Waals surface area (Å²) in [5.74, 6) is 5.13. The van der Waals surface area contributed by atoms with Crippen molar-refractivity contribution in [3.8, 4) is 11.5 Å². The number of hydrogen-bond donors (Lipinski definition) is 3. The van der Waals surface area contributed by atoms with E-state index < -0.39 is 0 Å². The molecule has 1 heterocycles. The number of fused-ring (bicyclic) bond motifs is 1. The largest absolute Gasteiger partial charge is 0.486 e. The number of hydrogen-bond acceptors (Lipinski definition) is 3. The van der Waals surface area contributed by atoms with E-state index in [1.807, 2.05) is 18.2 Å². The van der Waals surface area contributed by atoms with Gasteiger partial charge in [0.25, 0.3) is 0 Å². The lowest BCUT2D eigenvalue weighted by Crippen LogP contribution is -2.69. The molecule has 0 aliphatic carbocycles. The van der Waals surface area contributed by atoms with Crippen LogP contribution in [0.15, 0.2) is 18.2 Å². The van der Waals surface area contributed by atoms with Gasteiger partial charge in [-0.2, -0.15) is 0 Å². The molecule has 92 valence electrons. The molecule has 1 aliphatic heterocycles. The number of benzene rings is 1. The Morgan fingerprint density at radius 1 is 1.29 bits per heavy atom. The van der Waals surface area contributed by atoms with Crippen LogP contribution in [-0.2, 0) is 6.42 Å². The van der Waals surface area contributed by atoms with Crippen LogP contribution in [0.4, 0.5) is 0 Å². The van der Waals surface area contributed by atoms with E-state index in [4.69, 9.17) is 21.7 Å². The lowest BCUT2D eigenvalue weighted by Gasteiger charge is -2.18.